The second kappa shape index (κ2) is 12.0. The molecule has 2 atom stereocenters. The molecule has 0 aliphatic heterocycles. The van der Waals surface area contributed by atoms with Gasteiger partial charge in [-0.1, -0.05) is 105 Å². The summed E-state index contributed by atoms with van der Waals surface area (Å²) in [5, 5.41) is 15.6. The molecule has 0 saturated carbocycles. The van der Waals surface area contributed by atoms with Crippen LogP contribution in [0.15, 0.2) is 91.0 Å². The Labute approximate surface area is 195 Å². The van der Waals surface area contributed by atoms with E-state index in [9.17, 15) is 14.7 Å². The average molecular weight is 445 g/mol. The van der Waals surface area contributed by atoms with Crippen molar-refractivity contribution in [3.05, 3.63) is 108 Å². The minimum atomic E-state index is -0.880. The van der Waals surface area contributed by atoms with Gasteiger partial charge in [0.05, 0.1) is 18.6 Å². The van der Waals surface area contributed by atoms with Crippen molar-refractivity contribution in [2.75, 3.05) is 6.61 Å². The molecule has 0 radical (unpaired) electrons. The molecule has 0 aliphatic rings. The van der Waals surface area contributed by atoms with E-state index in [1.54, 1.807) is 0 Å². The molecule has 0 aromatic heterocycles. The second-order valence-electron chi connectivity index (χ2n) is 8.62. The maximum Gasteiger partial charge on any atom is 0.247 e. The molecule has 2 amide bonds. The van der Waals surface area contributed by atoms with Gasteiger partial charge in [-0.15, -0.1) is 0 Å². The SMILES string of the molecule is CC(C)C[C@H](CO)NC(=O)[C@H](NC(=O)C(c1ccccc1)c1ccccc1)c1ccccc1. The number of aliphatic hydroxyl groups is 1. The van der Waals surface area contributed by atoms with Crippen molar-refractivity contribution in [3.63, 3.8) is 0 Å². The van der Waals surface area contributed by atoms with Crippen molar-refractivity contribution in [2.24, 2.45) is 5.92 Å². The van der Waals surface area contributed by atoms with Gasteiger partial charge < -0.3 is 15.7 Å². The highest BCUT2D eigenvalue weighted by Gasteiger charge is 2.29. The first-order valence-corrected chi connectivity index (χ1v) is 11.4. The molecule has 3 aromatic rings. The van der Waals surface area contributed by atoms with Crippen LogP contribution in [-0.2, 0) is 9.59 Å². The lowest BCUT2D eigenvalue weighted by Gasteiger charge is -2.26. The molecule has 3 N–H and O–H groups in total. The Morgan fingerprint density at radius 2 is 1.15 bits per heavy atom. The van der Waals surface area contributed by atoms with Gasteiger partial charge in [-0.2, -0.15) is 0 Å². The summed E-state index contributed by atoms with van der Waals surface area (Å²) < 4.78 is 0. The Balaban J connectivity index is 1.90. The van der Waals surface area contributed by atoms with E-state index in [1.165, 1.54) is 0 Å². The van der Waals surface area contributed by atoms with Crippen LogP contribution in [-0.4, -0.2) is 29.6 Å². The first-order chi connectivity index (χ1) is 16.0. The van der Waals surface area contributed by atoms with Crippen molar-refractivity contribution in [3.8, 4) is 0 Å². The molecule has 172 valence electrons. The summed E-state index contributed by atoms with van der Waals surface area (Å²) in [5.74, 6) is -0.849. The maximum absolute atomic E-state index is 13.6. The van der Waals surface area contributed by atoms with Gasteiger partial charge in [0.1, 0.15) is 6.04 Å². The van der Waals surface area contributed by atoms with Gasteiger partial charge in [0.2, 0.25) is 11.8 Å². The summed E-state index contributed by atoms with van der Waals surface area (Å²) in [4.78, 5) is 26.9. The summed E-state index contributed by atoms with van der Waals surface area (Å²) in [6.45, 7) is 3.92. The normalized spacial score (nSPS) is 12.9. The van der Waals surface area contributed by atoms with E-state index in [4.69, 9.17) is 0 Å². The van der Waals surface area contributed by atoms with Gasteiger partial charge in [0.15, 0.2) is 0 Å². The molecule has 0 aliphatic carbocycles. The van der Waals surface area contributed by atoms with E-state index >= 15 is 0 Å². The largest absolute Gasteiger partial charge is 0.394 e. The Kier molecular flexibility index (Phi) is 8.79. The summed E-state index contributed by atoms with van der Waals surface area (Å²) in [6.07, 6.45) is 0.647. The Bertz CT molecular complexity index is 968. The minimum absolute atomic E-state index is 0.157. The molecular weight excluding hydrogens is 412 g/mol. The number of hydrogen-bond acceptors (Lipinski definition) is 3. The Hall–Kier alpha value is -3.44. The maximum atomic E-state index is 13.6. The van der Waals surface area contributed by atoms with Crippen LogP contribution >= 0.6 is 0 Å². The van der Waals surface area contributed by atoms with Crippen molar-refractivity contribution in [1.82, 2.24) is 10.6 Å². The fourth-order valence-corrected chi connectivity index (χ4v) is 3.99. The zero-order chi connectivity index (χ0) is 23.6. The first-order valence-electron chi connectivity index (χ1n) is 11.4. The third-order valence-corrected chi connectivity index (χ3v) is 5.53. The van der Waals surface area contributed by atoms with E-state index in [2.05, 4.69) is 10.6 Å². The summed E-state index contributed by atoms with van der Waals surface area (Å²) in [6, 6.07) is 27.0. The fourth-order valence-electron chi connectivity index (χ4n) is 3.99. The van der Waals surface area contributed by atoms with Crippen molar-refractivity contribution < 1.29 is 14.7 Å². The number of rotatable bonds is 10. The van der Waals surface area contributed by atoms with Gasteiger partial charge in [0.25, 0.3) is 0 Å². The highest BCUT2D eigenvalue weighted by molar-refractivity contribution is 5.93. The van der Waals surface area contributed by atoms with Crippen molar-refractivity contribution >= 4 is 11.8 Å². The lowest BCUT2D eigenvalue weighted by molar-refractivity contribution is -0.130. The molecule has 0 unspecified atom stereocenters. The molecule has 5 nitrogen and oxygen atoms in total. The monoisotopic (exact) mass is 444 g/mol. The number of hydrogen-bond donors (Lipinski definition) is 3. The number of carbonyl (C=O) groups is 2. The molecule has 0 fully saturated rings. The van der Waals surface area contributed by atoms with Gasteiger partial charge in [-0.25, -0.2) is 0 Å². The summed E-state index contributed by atoms with van der Waals surface area (Å²) in [7, 11) is 0. The van der Waals surface area contributed by atoms with Crippen LogP contribution in [0.4, 0.5) is 0 Å². The van der Waals surface area contributed by atoms with E-state index in [-0.39, 0.29) is 24.5 Å². The molecule has 0 spiro atoms. The Morgan fingerprint density at radius 3 is 1.58 bits per heavy atom. The summed E-state index contributed by atoms with van der Waals surface area (Å²) >= 11 is 0. The molecule has 0 saturated heterocycles. The van der Waals surface area contributed by atoms with Crippen LogP contribution in [0.25, 0.3) is 0 Å². The smallest absolute Gasteiger partial charge is 0.247 e. The number of amides is 2. The lowest BCUT2D eigenvalue weighted by atomic mass is 9.90. The van der Waals surface area contributed by atoms with Crippen LogP contribution in [0.5, 0.6) is 0 Å². The van der Waals surface area contributed by atoms with Crippen LogP contribution in [0, 0.1) is 5.92 Å². The van der Waals surface area contributed by atoms with Gasteiger partial charge in [-0.3, -0.25) is 9.59 Å². The van der Waals surface area contributed by atoms with Gasteiger partial charge in [0, 0.05) is 0 Å². The first kappa shape index (κ1) is 24.2. The summed E-state index contributed by atoms with van der Waals surface area (Å²) in [5.41, 5.74) is 2.38. The van der Waals surface area contributed by atoms with Crippen LogP contribution < -0.4 is 10.6 Å². The fraction of sp³-hybridized carbons (Fsp3) is 0.286. The van der Waals surface area contributed by atoms with E-state index in [0.717, 1.165) is 11.1 Å². The second-order valence-corrected chi connectivity index (χ2v) is 8.62. The van der Waals surface area contributed by atoms with Crippen molar-refractivity contribution in [2.45, 2.75) is 38.3 Å². The third kappa shape index (κ3) is 6.77. The standard InChI is InChI=1S/C28H32N2O3/c1-20(2)18-24(19-31)29-28(33)26(23-16-10-5-11-17-23)30-27(32)25(21-12-6-3-7-13-21)22-14-8-4-9-15-22/h3-17,20,24-26,31H,18-19H2,1-2H3,(H,29,33)(H,30,32)/t24-,26-/m1/s1. The van der Waals surface area contributed by atoms with Gasteiger partial charge in [-0.05, 0) is 29.0 Å². The number of aliphatic hydroxyl groups excluding tert-OH is 1. The molecule has 3 aromatic carbocycles. The highest BCUT2D eigenvalue weighted by atomic mass is 16.3. The zero-order valence-corrected chi connectivity index (χ0v) is 19.1. The van der Waals surface area contributed by atoms with Crippen LogP contribution in [0.1, 0.15) is 48.9 Å². The van der Waals surface area contributed by atoms with Crippen LogP contribution in [0.2, 0.25) is 0 Å². The quantitative estimate of drug-likeness (QED) is 0.439. The lowest BCUT2D eigenvalue weighted by Crippen LogP contribution is -2.47. The molecular formula is C28H32N2O3. The molecule has 0 heterocycles. The van der Waals surface area contributed by atoms with E-state index in [0.29, 0.717) is 17.9 Å². The Morgan fingerprint density at radius 1 is 0.697 bits per heavy atom. The van der Waals surface area contributed by atoms with Crippen LogP contribution in [0.3, 0.4) is 0 Å². The predicted molar refractivity (Wildman–Crippen MR) is 131 cm³/mol. The average Bonchev–Trinajstić information content (AvgIpc) is 2.84. The number of benzene rings is 3. The molecule has 33 heavy (non-hydrogen) atoms. The molecule has 5 heteroatoms. The van der Waals surface area contributed by atoms with Gasteiger partial charge >= 0.3 is 0 Å². The molecule has 0 bridgehead atoms. The topological polar surface area (TPSA) is 78.4 Å². The predicted octanol–water partition coefficient (Wildman–Crippen LogP) is 4.20. The van der Waals surface area contributed by atoms with E-state index < -0.39 is 12.0 Å². The third-order valence-electron chi connectivity index (χ3n) is 5.53. The minimum Gasteiger partial charge on any atom is -0.394 e. The highest BCUT2D eigenvalue weighted by Crippen LogP contribution is 2.26. The zero-order valence-electron chi connectivity index (χ0n) is 19.1. The number of carbonyl (C=O) groups excluding carboxylic acids is 2. The molecule has 3 rings (SSSR count). The number of nitrogens with one attached hydrogen (secondary N) is 2. The van der Waals surface area contributed by atoms with E-state index in [1.807, 2.05) is 105 Å². The van der Waals surface area contributed by atoms with Crippen molar-refractivity contribution in [1.29, 1.82) is 0 Å².